The van der Waals surface area contributed by atoms with Crippen molar-refractivity contribution in [2.45, 2.75) is 33.1 Å². The molecule has 0 unspecified atom stereocenters. The largest absolute Gasteiger partial charge is 1.00 e. The van der Waals surface area contributed by atoms with Crippen LogP contribution in [0.15, 0.2) is 30.3 Å². The minimum atomic E-state index is -1.11. The summed E-state index contributed by atoms with van der Waals surface area (Å²) in [5.41, 5.74) is 1.06. The molecule has 0 saturated heterocycles. The van der Waals surface area contributed by atoms with Gasteiger partial charge in [-0.15, -0.1) is 6.54 Å². The SMILES string of the molecule is CCCC[N-]C.CCc1cc(O)ccc1Nc1c(C=O)ccc(F)c1F.[Os+]. The molecule has 2 aromatic carbocycles. The third-order valence-electron chi connectivity index (χ3n) is 3.72. The van der Waals surface area contributed by atoms with Crippen LogP contribution in [0.3, 0.4) is 0 Å². The van der Waals surface area contributed by atoms with Crippen LogP contribution in [0.4, 0.5) is 20.2 Å². The van der Waals surface area contributed by atoms with Gasteiger partial charge in [0.25, 0.3) is 0 Å². The van der Waals surface area contributed by atoms with Crippen LogP contribution >= 0.6 is 0 Å². The number of nitrogens with one attached hydrogen (secondary N) is 1. The average molecular weight is 554 g/mol. The van der Waals surface area contributed by atoms with Crippen LogP contribution in [0.1, 0.15) is 42.6 Å². The van der Waals surface area contributed by atoms with E-state index in [1.54, 1.807) is 6.07 Å². The first-order chi connectivity index (χ1) is 12.5. The molecule has 0 bridgehead atoms. The summed E-state index contributed by atoms with van der Waals surface area (Å²) in [5.74, 6) is -2.05. The predicted octanol–water partition coefficient (Wildman–Crippen LogP) is 5.58. The Morgan fingerprint density at radius 3 is 2.41 bits per heavy atom. The number of halogens is 2. The van der Waals surface area contributed by atoms with Gasteiger partial charge in [-0.2, -0.15) is 7.05 Å². The van der Waals surface area contributed by atoms with Gasteiger partial charge in [-0.25, -0.2) is 8.78 Å². The monoisotopic (exact) mass is 555 g/mol. The van der Waals surface area contributed by atoms with E-state index < -0.39 is 11.6 Å². The van der Waals surface area contributed by atoms with Gasteiger partial charge in [0.2, 0.25) is 0 Å². The van der Waals surface area contributed by atoms with Crippen LogP contribution in [-0.4, -0.2) is 25.0 Å². The van der Waals surface area contributed by atoms with Gasteiger partial charge in [-0.1, -0.05) is 26.7 Å². The maximum atomic E-state index is 13.8. The van der Waals surface area contributed by atoms with Gasteiger partial charge in [-0.3, -0.25) is 4.79 Å². The molecule has 0 amide bonds. The van der Waals surface area contributed by atoms with Crippen molar-refractivity contribution in [2.24, 2.45) is 0 Å². The molecule has 149 valence electrons. The van der Waals surface area contributed by atoms with Gasteiger partial charge in [-0.05, 0) is 42.3 Å². The first-order valence-corrected chi connectivity index (χ1v) is 8.56. The number of aldehydes is 1. The van der Waals surface area contributed by atoms with E-state index in [-0.39, 0.29) is 36.8 Å². The fourth-order valence-electron chi connectivity index (χ4n) is 2.24. The van der Waals surface area contributed by atoms with Gasteiger partial charge in [0.05, 0.1) is 5.69 Å². The Hall–Kier alpha value is -1.83. The van der Waals surface area contributed by atoms with Crippen molar-refractivity contribution >= 4 is 17.7 Å². The van der Waals surface area contributed by atoms with E-state index in [4.69, 9.17) is 0 Å². The van der Waals surface area contributed by atoms with Crippen LogP contribution < -0.4 is 5.32 Å². The Bertz CT molecular complexity index is 723. The summed E-state index contributed by atoms with van der Waals surface area (Å²) >= 11 is 0. The number of carbonyl (C=O) groups excluding carboxylic acids is 1. The fourth-order valence-corrected chi connectivity index (χ4v) is 2.24. The zero-order valence-corrected chi connectivity index (χ0v) is 18.2. The molecule has 7 heteroatoms. The van der Waals surface area contributed by atoms with Gasteiger partial charge in [0.15, 0.2) is 17.9 Å². The number of nitrogens with zero attached hydrogens (tertiary/aromatic N) is 1. The minimum absolute atomic E-state index is 0. The normalized spacial score (nSPS) is 9.67. The predicted molar refractivity (Wildman–Crippen MR) is 102 cm³/mol. The quantitative estimate of drug-likeness (QED) is 0.268. The molecular weight excluding hydrogens is 528 g/mol. The molecule has 0 spiro atoms. The molecule has 0 heterocycles. The van der Waals surface area contributed by atoms with Gasteiger partial charge < -0.3 is 15.7 Å². The molecule has 0 aliphatic rings. The number of unbranched alkanes of at least 4 members (excludes halogenated alkanes) is 1. The van der Waals surface area contributed by atoms with Gasteiger partial charge in [0.1, 0.15) is 5.75 Å². The summed E-state index contributed by atoms with van der Waals surface area (Å²) in [6.45, 7) is 5.07. The summed E-state index contributed by atoms with van der Waals surface area (Å²) in [4.78, 5) is 10.9. The first kappa shape index (κ1) is 25.2. The smallest absolute Gasteiger partial charge is 0.665 e. The Kier molecular flexibility index (Phi) is 12.4. The standard InChI is InChI=1S/C15H13F2NO2.C5H12N.Os/c1-2-9-7-11(20)4-6-13(9)18-15-10(8-19)3-5-12(16)14(15)17;1-3-4-5-6-2;/h3-8,18,20H,2H2,1H3;3-5H2,1-2H3;/q;-1;+1. The van der Waals surface area contributed by atoms with E-state index in [1.165, 1.54) is 31.0 Å². The molecule has 0 saturated carbocycles. The van der Waals surface area contributed by atoms with Gasteiger partial charge in [0, 0.05) is 11.3 Å². The van der Waals surface area contributed by atoms with Crippen molar-refractivity contribution < 1.29 is 38.5 Å². The fraction of sp³-hybridized carbons (Fsp3) is 0.350. The van der Waals surface area contributed by atoms with Crippen molar-refractivity contribution in [1.29, 1.82) is 0 Å². The molecule has 2 aromatic rings. The van der Waals surface area contributed by atoms with E-state index in [2.05, 4.69) is 17.6 Å². The molecule has 2 rings (SSSR count). The summed E-state index contributed by atoms with van der Waals surface area (Å²) < 4.78 is 27.1. The first-order valence-electron chi connectivity index (χ1n) is 8.56. The zero-order valence-electron chi connectivity index (χ0n) is 15.7. The molecule has 0 aliphatic heterocycles. The van der Waals surface area contributed by atoms with E-state index in [0.29, 0.717) is 18.4 Å². The third-order valence-corrected chi connectivity index (χ3v) is 3.72. The summed E-state index contributed by atoms with van der Waals surface area (Å²) in [7, 11) is 1.86. The van der Waals surface area contributed by atoms with E-state index in [1.807, 2.05) is 14.0 Å². The number of aryl methyl sites for hydroxylation is 1. The van der Waals surface area contributed by atoms with Crippen molar-refractivity contribution in [1.82, 2.24) is 0 Å². The molecule has 1 radical (unpaired) electrons. The van der Waals surface area contributed by atoms with E-state index in [0.717, 1.165) is 18.2 Å². The number of hydrogen-bond donors (Lipinski definition) is 2. The van der Waals surface area contributed by atoms with Crippen molar-refractivity contribution in [2.75, 3.05) is 18.9 Å². The van der Waals surface area contributed by atoms with Crippen LogP contribution in [0, 0.1) is 11.6 Å². The van der Waals surface area contributed by atoms with Crippen LogP contribution in [-0.2, 0) is 26.2 Å². The second kappa shape index (κ2) is 13.4. The minimum Gasteiger partial charge on any atom is -0.665 e. The third kappa shape index (κ3) is 7.74. The summed E-state index contributed by atoms with van der Waals surface area (Å²) in [6.07, 6.45) is 3.55. The number of anilines is 2. The molecule has 27 heavy (non-hydrogen) atoms. The molecule has 0 aromatic heterocycles. The molecule has 4 nitrogen and oxygen atoms in total. The second-order valence-electron chi connectivity index (χ2n) is 5.66. The average Bonchev–Trinajstić information content (AvgIpc) is 2.65. The maximum Gasteiger partial charge on any atom is 1.00 e. The van der Waals surface area contributed by atoms with E-state index in [9.17, 15) is 18.7 Å². The Labute approximate surface area is 172 Å². The summed E-state index contributed by atoms with van der Waals surface area (Å²) in [5, 5.41) is 16.1. The molecule has 2 N–H and O–H groups in total. The molecular formula is C20H25F2N2O2Os. The number of phenols is 1. The van der Waals surface area contributed by atoms with Crippen LogP contribution in [0.2, 0.25) is 0 Å². The van der Waals surface area contributed by atoms with Crippen LogP contribution in [0.5, 0.6) is 5.75 Å². The van der Waals surface area contributed by atoms with Crippen LogP contribution in [0.25, 0.3) is 5.32 Å². The number of benzene rings is 2. The van der Waals surface area contributed by atoms with Crippen molar-refractivity contribution in [3.05, 3.63) is 58.4 Å². The number of rotatable bonds is 7. The maximum absolute atomic E-state index is 13.8. The molecule has 0 aliphatic carbocycles. The number of aromatic hydroxyl groups is 1. The van der Waals surface area contributed by atoms with Crippen molar-refractivity contribution in [3.63, 3.8) is 0 Å². The number of hydrogen-bond acceptors (Lipinski definition) is 3. The Balaban J connectivity index is 0.000000842. The topological polar surface area (TPSA) is 63.4 Å². The molecule has 0 fully saturated rings. The Morgan fingerprint density at radius 2 is 1.89 bits per heavy atom. The van der Waals surface area contributed by atoms with Crippen molar-refractivity contribution in [3.8, 4) is 5.75 Å². The number of phenolic OH excluding ortho intramolecular Hbond substituents is 1. The molecule has 0 atom stereocenters. The Morgan fingerprint density at radius 1 is 1.19 bits per heavy atom. The van der Waals surface area contributed by atoms with Gasteiger partial charge >= 0.3 is 19.8 Å². The summed E-state index contributed by atoms with van der Waals surface area (Å²) in [6, 6.07) is 6.62. The number of carbonyl (C=O) groups is 1. The van der Waals surface area contributed by atoms with E-state index >= 15 is 0 Å². The second-order valence-corrected chi connectivity index (χ2v) is 5.66. The zero-order chi connectivity index (χ0) is 19.5.